The molecule has 0 aliphatic rings. The Morgan fingerprint density at radius 3 is 2.29 bits per heavy atom. The molecule has 6 nitrogen and oxygen atoms in total. The number of esters is 1. The fraction of sp³-hybridized carbons (Fsp3) is 0.500. The topological polar surface area (TPSA) is 78.9 Å². The van der Waals surface area contributed by atoms with E-state index in [1.807, 2.05) is 0 Å². The van der Waals surface area contributed by atoms with Gasteiger partial charge in [0.05, 0.1) is 0 Å². The van der Waals surface area contributed by atoms with Crippen LogP contribution in [0.3, 0.4) is 0 Å². The molecule has 0 rings (SSSR count). The summed E-state index contributed by atoms with van der Waals surface area (Å²) in [6, 6.07) is 0. The molecule has 0 aliphatic carbocycles. The van der Waals surface area contributed by atoms with Crippen molar-refractivity contribution in [3.05, 3.63) is 12.7 Å². The number of carbonyl (C=O) groups is 3. The van der Waals surface area contributed by atoms with E-state index in [1.165, 1.54) is 13.5 Å². The maximum absolute atomic E-state index is 11.2. The van der Waals surface area contributed by atoms with E-state index in [2.05, 4.69) is 6.58 Å². The first-order chi connectivity index (χ1) is 7.83. The summed E-state index contributed by atoms with van der Waals surface area (Å²) in [6.45, 7) is 7.50. The molecule has 0 aromatic heterocycles. The normalized spacial score (nSPS) is 13.1. The molecular formula is C10H16O6Si. The van der Waals surface area contributed by atoms with Gasteiger partial charge in [-0.2, -0.15) is 0 Å². The Balaban J connectivity index is 4.59. The van der Waals surface area contributed by atoms with Crippen LogP contribution in [0.15, 0.2) is 12.7 Å². The van der Waals surface area contributed by atoms with Crippen molar-refractivity contribution in [2.45, 2.75) is 26.8 Å². The van der Waals surface area contributed by atoms with Gasteiger partial charge < -0.3 is 13.6 Å². The van der Waals surface area contributed by atoms with E-state index in [1.54, 1.807) is 6.92 Å². The van der Waals surface area contributed by atoms with Gasteiger partial charge in [0.2, 0.25) is 0 Å². The lowest BCUT2D eigenvalue weighted by molar-refractivity contribution is -0.144. The van der Waals surface area contributed by atoms with Gasteiger partial charge in [-0.25, -0.2) is 4.79 Å². The lowest BCUT2D eigenvalue weighted by Crippen LogP contribution is -2.47. The Morgan fingerprint density at radius 2 is 1.88 bits per heavy atom. The van der Waals surface area contributed by atoms with Crippen LogP contribution >= 0.6 is 0 Å². The van der Waals surface area contributed by atoms with E-state index in [0.717, 1.165) is 6.08 Å². The summed E-state index contributed by atoms with van der Waals surface area (Å²) in [7, 11) is -3.17. The highest BCUT2D eigenvalue weighted by Crippen LogP contribution is 2.10. The minimum atomic E-state index is -3.17. The maximum atomic E-state index is 11.2. The molecule has 0 spiro atoms. The molecule has 0 amide bonds. The van der Waals surface area contributed by atoms with Crippen LogP contribution in [0.5, 0.6) is 0 Å². The van der Waals surface area contributed by atoms with E-state index in [4.69, 9.17) is 13.6 Å². The van der Waals surface area contributed by atoms with E-state index in [-0.39, 0.29) is 12.7 Å². The molecule has 0 fully saturated rings. The van der Waals surface area contributed by atoms with Crippen LogP contribution in [-0.4, -0.2) is 32.7 Å². The zero-order valence-corrected chi connectivity index (χ0v) is 11.1. The summed E-state index contributed by atoms with van der Waals surface area (Å²) in [5.74, 6) is -1.75. The molecule has 0 bridgehead atoms. The van der Waals surface area contributed by atoms with Crippen molar-refractivity contribution >= 4 is 26.5 Å². The van der Waals surface area contributed by atoms with Crippen molar-refractivity contribution in [3.8, 4) is 0 Å². The number of rotatable bonds is 6. The first-order valence-corrected chi connectivity index (χ1v) is 7.56. The molecule has 0 saturated carbocycles. The fourth-order valence-electron chi connectivity index (χ4n) is 0.958. The Labute approximate surface area is 101 Å². The number of carbonyl (C=O) groups excluding carboxylic acids is 3. The summed E-state index contributed by atoms with van der Waals surface area (Å²) in [6.07, 6.45) is 0.882. The highest BCUT2D eigenvalue weighted by atomic mass is 28.4. The summed E-state index contributed by atoms with van der Waals surface area (Å²) in [5, 5.41) is 0. The Morgan fingerprint density at radius 1 is 1.29 bits per heavy atom. The van der Waals surface area contributed by atoms with Gasteiger partial charge in [-0.15, -0.1) is 0 Å². The van der Waals surface area contributed by atoms with Gasteiger partial charge in [0.25, 0.3) is 11.9 Å². The predicted octanol–water partition coefficient (Wildman–Crippen LogP) is 0.843. The molecule has 0 aliphatic heterocycles. The van der Waals surface area contributed by atoms with Crippen molar-refractivity contribution < 1.29 is 28.0 Å². The number of hydrogen-bond donors (Lipinski definition) is 0. The summed E-state index contributed by atoms with van der Waals surface area (Å²) < 4.78 is 14.7. The molecule has 0 heterocycles. The maximum Gasteiger partial charge on any atom is 0.500 e. The van der Waals surface area contributed by atoms with Crippen molar-refractivity contribution in [2.24, 2.45) is 0 Å². The molecule has 0 aromatic rings. The van der Waals surface area contributed by atoms with Crippen LogP contribution in [0.25, 0.3) is 0 Å². The number of ether oxygens (including phenoxy) is 1. The molecular weight excluding hydrogens is 244 g/mol. The minimum Gasteiger partial charge on any atom is -0.483 e. The zero-order valence-electron chi connectivity index (χ0n) is 10.1. The van der Waals surface area contributed by atoms with Crippen LogP contribution in [-0.2, 0) is 28.0 Å². The lowest BCUT2D eigenvalue weighted by atomic mass is 10.5. The monoisotopic (exact) mass is 260 g/mol. The zero-order chi connectivity index (χ0) is 13.5. The molecule has 0 radical (unpaired) electrons. The van der Waals surface area contributed by atoms with E-state index in [0.29, 0.717) is 0 Å². The van der Waals surface area contributed by atoms with Crippen LogP contribution in [0.1, 0.15) is 20.3 Å². The predicted molar refractivity (Wildman–Crippen MR) is 60.9 cm³/mol. The van der Waals surface area contributed by atoms with Crippen LogP contribution in [0.2, 0.25) is 6.55 Å². The Bertz CT molecular complexity index is 327. The Kier molecular flexibility index (Phi) is 6.19. The largest absolute Gasteiger partial charge is 0.500 e. The second-order valence-electron chi connectivity index (χ2n) is 3.37. The van der Waals surface area contributed by atoms with Gasteiger partial charge in [-0.1, -0.05) is 13.5 Å². The molecule has 1 unspecified atom stereocenters. The molecule has 96 valence electrons. The van der Waals surface area contributed by atoms with Gasteiger partial charge >= 0.3 is 14.5 Å². The molecule has 7 heteroatoms. The van der Waals surface area contributed by atoms with Crippen molar-refractivity contribution in [1.82, 2.24) is 0 Å². The lowest BCUT2D eigenvalue weighted by Gasteiger charge is -2.24. The van der Waals surface area contributed by atoms with Gasteiger partial charge in [0, 0.05) is 26.0 Å². The average Bonchev–Trinajstić information content (AvgIpc) is 2.24. The first-order valence-electron chi connectivity index (χ1n) is 5.03. The highest BCUT2D eigenvalue weighted by molar-refractivity contribution is 6.69. The first kappa shape index (κ1) is 15.4. The van der Waals surface area contributed by atoms with E-state index < -0.39 is 26.5 Å². The smallest absolute Gasteiger partial charge is 0.483 e. The van der Waals surface area contributed by atoms with Gasteiger partial charge in [0.1, 0.15) is 0 Å². The molecule has 17 heavy (non-hydrogen) atoms. The summed E-state index contributed by atoms with van der Waals surface area (Å²) in [4.78, 5) is 33.0. The average molecular weight is 260 g/mol. The third kappa shape index (κ3) is 6.51. The summed E-state index contributed by atoms with van der Waals surface area (Å²) in [5.41, 5.74) is 0. The van der Waals surface area contributed by atoms with Crippen molar-refractivity contribution in [2.75, 3.05) is 6.23 Å². The Hall–Kier alpha value is -1.63. The fourth-order valence-corrected chi connectivity index (χ4v) is 2.76. The van der Waals surface area contributed by atoms with E-state index in [9.17, 15) is 14.4 Å². The van der Waals surface area contributed by atoms with Crippen LogP contribution in [0, 0.1) is 0 Å². The second-order valence-corrected chi connectivity index (χ2v) is 6.33. The molecule has 0 aromatic carbocycles. The SMILES string of the molecule is C=CC(=O)OC[Si](C)(OC(C)=O)OC(=O)CC. The van der Waals surface area contributed by atoms with Gasteiger partial charge in [-0.05, 0) is 0 Å². The van der Waals surface area contributed by atoms with Gasteiger partial charge in [-0.3, -0.25) is 9.59 Å². The third-order valence-electron chi connectivity index (χ3n) is 1.62. The van der Waals surface area contributed by atoms with Crippen LogP contribution in [0.4, 0.5) is 0 Å². The molecule has 0 N–H and O–H groups in total. The van der Waals surface area contributed by atoms with Crippen LogP contribution < -0.4 is 0 Å². The van der Waals surface area contributed by atoms with Gasteiger partial charge in [0.15, 0.2) is 6.23 Å². The minimum absolute atomic E-state index is 0.152. The number of hydrogen-bond acceptors (Lipinski definition) is 6. The van der Waals surface area contributed by atoms with Crippen molar-refractivity contribution in [1.29, 1.82) is 0 Å². The molecule has 0 saturated heterocycles. The molecule has 1 atom stereocenters. The quantitative estimate of drug-likeness (QED) is 0.400. The third-order valence-corrected chi connectivity index (χ3v) is 3.67. The second kappa shape index (κ2) is 6.84. The summed E-state index contributed by atoms with van der Waals surface area (Å²) >= 11 is 0. The standard InChI is InChI=1S/C10H16O6Si/c1-5-9(12)14-7-17(4,15-8(3)11)16-10(13)6-2/h5H,1,6-7H2,2-4H3. The highest BCUT2D eigenvalue weighted by Gasteiger charge is 2.40. The van der Waals surface area contributed by atoms with Crippen molar-refractivity contribution in [3.63, 3.8) is 0 Å². The van der Waals surface area contributed by atoms with E-state index >= 15 is 0 Å².